The predicted molar refractivity (Wildman–Crippen MR) is 83.5 cm³/mol. The molecule has 1 atom stereocenters. The minimum Gasteiger partial charge on any atom is -0.300 e. The van der Waals surface area contributed by atoms with Gasteiger partial charge in [-0.2, -0.15) is 12.6 Å². The van der Waals surface area contributed by atoms with Crippen LogP contribution in [0, 0.1) is 5.41 Å². The van der Waals surface area contributed by atoms with Gasteiger partial charge in [-0.25, -0.2) is 0 Å². The Morgan fingerprint density at radius 1 is 1.11 bits per heavy atom. The molecule has 2 aliphatic rings. The van der Waals surface area contributed by atoms with E-state index in [2.05, 4.69) is 11.8 Å². The van der Waals surface area contributed by atoms with Gasteiger partial charge in [-0.15, -0.1) is 0 Å². The molecule has 1 heterocycles. The smallest absolute Gasteiger partial charge is 0.00954 e. The highest BCUT2D eigenvalue weighted by Gasteiger charge is 2.35. The molecule has 2 heteroatoms. The van der Waals surface area contributed by atoms with Gasteiger partial charge in [0.1, 0.15) is 0 Å². The van der Waals surface area contributed by atoms with Crippen LogP contribution in [-0.4, -0.2) is 29.8 Å². The maximum atomic E-state index is 4.70. The van der Waals surface area contributed by atoms with Gasteiger partial charge in [0.25, 0.3) is 0 Å². The lowest BCUT2D eigenvalue weighted by molar-refractivity contribution is 0.0652. The van der Waals surface area contributed by atoms with Gasteiger partial charge in [-0.1, -0.05) is 39.0 Å². The van der Waals surface area contributed by atoms with Gasteiger partial charge in [0, 0.05) is 12.6 Å². The van der Waals surface area contributed by atoms with Crippen LogP contribution in [0.2, 0.25) is 0 Å². The SMILES string of the molecule is CCCC1CCCCN1CC1(CS)CCCCC1. The van der Waals surface area contributed by atoms with E-state index in [1.54, 1.807) is 0 Å². The quantitative estimate of drug-likeness (QED) is 0.718. The molecule has 2 fully saturated rings. The van der Waals surface area contributed by atoms with E-state index in [-0.39, 0.29) is 0 Å². The van der Waals surface area contributed by atoms with E-state index in [0.717, 1.165) is 11.8 Å². The van der Waals surface area contributed by atoms with Crippen LogP contribution in [0.3, 0.4) is 0 Å². The zero-order valence-electron chi connectivity index (χ0n) is 12.2. The summed E-state index contributed by atoms with van der Waals surface area (Å²) in [6.07, 6.45) is 14.2. The lowest BCUT2D eigenvalue weighted by Crippen LogP contribution is -2.47. The molecule has 1 aliphatic carbocycles. The number of hydrogen-bond donors (Lipinski definition) is 1. The highest BCUT2D eigenvalue weighted by atomic mass is 32.1. The zero-order valence-corrected chi connectivity index (χ0v) is 13.1. The highest BCUT2D eigenvalue weighted by molar-refractivity contribution is 7.80. The van der Waals surface area contributed by atoms with Gasteiger partial charge in [-0.3, -0.25) is 4.90 Å². The largest absolute Gasteiger partial charge is 0.300 e. The van der Waals surface area contributed by atoms with Crippen LogP contribution in [0.5, 0.6) is 0 Å². The van der Waals surface area contributed by atoms with Crippen LogP contribution in [-0.2, 0) is 0 Å². The summed E-state index contributed by atoms with van der Waals surface area (Å²) in [5, 5.41) is 0. The Kier molecular flexibility index (Phi) is 5.88. The fourth-order valence-electron chi connectivity index (χ4n) is 4.03. The molecule has 1 nitrogen and oxygen atoms in total. The zero-order chi connectivity index (χ0) is 12.8. The van der Waals surface area contributed by atoms with E-state index in [1.807, 2.05) is 0 Å². The maximum Gasteiger partial charge on any atom is 0.00954 e. The first-order chi connectivity index (χ1) is 8.79. The third-order valence-corrected chi connectivity index (χ3v) is 5.83. The van der Waals surface area contributed by atoms with E-state index >= 15 is 0 Å². The van der Waals surface area contributed by atoms with Crippen LogP contribution in [0.15, 0.2) is 0 Å². The molecule has 18 heavy (non-hydrogen) atoms. The van der Waals surface area contributed by atoms with E-state index < -0.39 is 0 Å². The minimum absolute atomic E-state index is 0.546. The Morgan fingerprint density at radius 2 is 1.89 bits per heavy atom. The average Bonchev–Trinajstić information content (AvgIpc) is 2.42. The van der Waals surface area contributed by atoms with Crippen molar-refractivity contribution in [2.45, 2.75) is 77.2 Å². The van der Waals surface area contributed by atoms with Gasteiger partial charge in [0.15, 0.2) is 0 Å². The fourth-order valence-corrected chi connectivity index (χ4v) is 4.44. The molecule has 1 aliphatic heterocycles. The highest BCUT2D eigenvalue weighted by Crippen LogP contribution is 2.39. The van der Waals surface area contributed by atoms with Gasteiger partial charge in [0.2, 0.25) is 0 Å². The number of piperidine rings is 1. The lowest BCUT2D eigenvalue weighted by Gasteiger charge is -2.45. The number of thiol groups is 1. The first kappa shape index (κ1) is 14.7. The third-order valence-electron chi connectivity index (χ3n) is 5.16. The Bertz CT molecular complexity index is 233. The molecule has 0 N–H and O–H groups in total. The van der Waals surface area contributed by atoms with Crippen LogP contribution in [0.4, 0.5) is 0 Å². The maximum absolute atomic E-state index is 4.70. The monoisotopic (exact) mass is 269 g/mol. The number of nitrogens with zero attached hydrogens (tertiary/aromatic N) is 1. The number of rotatable bonds is 5. The minimum atomic E-state index is 0.546. The van der Waals surface area contributed by atoms with Crippen molar-refractivity contribution in [3.05, 3.63) is 0 Å². The first-order valence-electron chi connectivity index (χ1n) is 8.14. The summed E-state index contributed by atoms with van der Waals surface area (Å²) in [7, 11) is 0. The Morgan fingerprint density at radius 3 is 2.56 bits per heavy atom. The summed E-state index contributed by atoms with van der Waals surface area (Å²) >= 11 is 4.70. The molecule has 106 valence electrons. The summed E-state index contributed by atoms with van der Waals surface area (Å²) < 4.78 is 0. The van der Waals surface area contributed by atoms with E-state index in [9.17, 15) is 0 Å². The number of likely N-dealkylation sites (tertiary alicyclic amines) is 1. The molecule has 0 aromatic carbocycles. The fraction of sp³-hybridized carbons (Fsp3) is 1.00. The molecule has 0 bridgehead atoms. The van der Waals surface area contributed by atoms with Crippen molar-refractivity contribution in [3.63, 3.8) is 0 Å². The van der Waals surface area contributed by atoms with Crippen molar-refractivity contribution in [2.24, 2.45) is 5.41 Å². The van der Waals surface area contributed by atoms with Gasteiger partial charge >= 0.3 is 0 Å². The second-order valence-electron chi connectivity index (χ2n) is 6.63. The van der Waals surface area contributed by atoms with Crippen molar-refractivity contribution in [3.8, 4) is 0 Å². The molecule has 0 radical (unpaired) electrons. The standard InChI is InChI=1S/C16H31NS/c1-2-8-15-9-4-7-12-17(15)13-16(14-18)10-5-3-6-11-16/h15,18H,2-14H2,1H3. The van der Waals surface area contributed by atoms with Crippen molar-refractivity contribution in [1.29, 1.82) is 0 Å². The topological polar surface area (TPSA) is 3.24 Å². The van der Waals surface area contributed by atoms with Crippen molar-refractivity contribution in [1.82, 2.24) is 4.90 Å². The van der Waals surface area contributed by atoms with Crippen molar-refractivity contribution < 1.29 is 0 Å². The summed E-state index contributed by atoms with van der Waals surface area (Å²) in [5.74, 6) is 1.10. The van der Waals surface area contributed by atoms with E-state index in [4.69, 9.17) is 12.6 Å². The summed E-state index contributed by atoms with van der Waals surface area (Å²) in [6, 6.07) is 0.877. The molecule has 0 spiro atoms. The second kappa shape index (κ2) is 7.19. The Labute approximate surface area is 119 Å². The summed E-state index contributed by atoms with van der Waals surface area (Å²) in [6.45, 7) is 5.02. The Balaban J connectivity index is 1.95. The second-order valence-corrected chi connectivity index (χ2v) is 6.94. The molecule has 2 rings (SSSR count). The van der Waals surface area contributed by atoms with Crippen LogP contribution < -0.4 is 0 Å². The summed E-state index contributed by atoms with van der Waals surface area (Å²) in [5.41, 5.74) is 0.546. The predicted octanol–water partition coefficient (Wildman–Crippen LogP) is 4.52. The molecule has 1 saturated heterocycles. The van der Waals surface area contributed by atoms with E-state index in [1.165, 1.54) is 77.3 Å². The van der Waals surface area contributed by atoms with Crippen LogP contribution >= 0.6 is 12.6 Å². The molecule has 1 unspecified atom stereocenters. The summed E-state index contributed by atoms with van der Waals surface area (Å²) in [4.78, 5) is 2.83. The van der Waals surface area contributed by atoms with Crippen molar-refractivity contribution in [2.75, 3.05) is 18.8 Å². The average molecular weight is 269 g/mol. The Hall–Kier alpha value is 0.310. The molecule has 1 saturated carbocycles. The number of hydrogen-bond acceptors (Lipinski definition) is 2. The molecular formula is C16H31NS. The van der Waals surface area contributed by atoms with E-state index in [0.29, 0.717) is 5.41 Å². The van der Waals surface area contributed by atoms with Gasteiger partial charge < -0.3 is 0 Å². The normalized spacial score (nSPS) is 29.3. The van der Waals surface area contributed by atoms with Gasteiger partial charge in [0.05, 0.1) is 0 Å². The first-order valence-corrected chi connectivity index (χ1v) is 8.78. The van der Waals surface area contributed by atoms with Crippen molar-refractivity contribution >= 4 is 12.6 Å². The van der Waals surface area contributed by atoms with Gasteiger partial charge in [-0.05, 0) is 49.8 Å². The molecule has 0 aromatic heterocycles. The molecular weight excluding hydrogens is 238 g/mol. The molecule has 0 amide bonds. The van der Waals surface area contributed by atoms with Crippen LogP contribution in [0.1, 0.15) is 71.1 Å². The lowest BCUT2D eigenvalue weighted by atomic mass is 9.74. The molecule has 0 aromatic rings. The third kappa shape index (κ3) is 3.66. The van der Waals surface area contributed by atoms with Crippen LogP contribution in [0.25, 0.3) is 0 Å².